The van der Waals surface area contributed by atoms with Crippen molar-refractivity contribution in [2.75, 3.05) is 6.54 Å². The average Bonchev–Trinajstić information content (AvgIpc) is 3.09. The lowest BCUT2D eigenvalue weighted by Gasteiger charge is -2.43. The minimum Gasteiger partial charge on any atom is -0.329 e. The molecule has 1 aliphatic heterocycles. The molecule has 2 heterocycles. The highest BCUT2D eigenvalue weighted by atomic mass is 16.2. The quantitative estimate of drug-likeness (QED) is 0.754. The van der Waals surface area contributed by atoms with Gasteiger partial charge in [0.25, 0.3) is 0 Å². The van der Waals surface area contributed by atoms with E-state index in [2.05, 4.69) is 22.0 Å². The lowest BCUT2D eigenvalue weighted by atomic mass is 9.68. The second-order valence-electron chi connectivity index (χ2n) is 7.94. The van der Waals surface area contributed by atoms with Gasteiger partial charge in [-0.05, 0) is 43.6 Å². The summed E-state index contributed by atoms with van der Waals surface area (Å²) in [5.74, 6) is 0.585. The van der Waals surface area contributed by atoms with Gasteiger partial charge in [0.2, 0.25) is 5.91 Å². The number of hydrazine groups is 1. The van der Waals surface area contributed by atoms with Crippen LogP contribution in [0, 0.1) is 30.1 Å². The summed E-state index contributed by atoms with van der Waals surface area (Å²) in [5.41, 5.74) is 16.6. The molecule has 4 unspecified atom stereocenters. The summed E-state index contributed by atoms with van der Waals surface area (Å²) in [6.45, 7) is 2.45. The minimum atomic E-state index is 0.0137. The first-order valence-electron chi connectivity index (χ1n) is 9.82. The lowest BCUT2D eigenvalue weighted by Crippen LogP contribution is -2.62. The molecule has 4 atom stereocenters. The van der Waals surface area contributed by atoms with E-state index in [1.807, 2.05) is 43.0 Å². The Morgan fingerprint density at radius 3 is 2.96 bits per heavy atom. The zero-order valence-corrected chi connectivity index (χ0v) is 16.3. The van der Waals surface area contributed by atoms with Gasteiger partial charge in [-0.2, -0.15) is 10.4 Å². The largest absolute Gasteiger partial charge is 0.329 e. The first-order chi connectivity index (χ1) is 13.5. The number of aryl methyl sites for hydroxylation is 2. The molecular formula is C21H26N6O. The van der Waals surface area contributed by atoms with Crippen molar-refractivity contribution in [3.8, 4) is 17.3 Å². The van der Waals surface area contributed by atoms with E-state index >= 15 is 0 Å². The van der Waals surface area contributed by atoms with Crippen LogP contribution in [-0.2, 0) is 11.8 Å². The van der Waals surface area contributed by atoms with E-state index in [0.717, 1.165) is 41.6 Å². The van der Waals surface area contributed by atoms with Crippen LogP contribution in [0.3, 0.4) is 0 Å². The van der Waals surface area contributed by atoms with E-state index < -0.39 is 0 Å². The lowest BCUT2D eigenvalue weighted by molar-refractivity contribution is -0.133. The molecule has 1 aromatic heterocycles. The number of nitrogens with one attached hydrogen (secondary N) is 2. The van der Waals surface area contributed by atoms with Crippen LogP contribution in [0.1, 0.15) is 41.9 Å². The number of benzene rings is 1. The van der Waals surface area contributed by atoms with Crippen molar-refractivity contribution in [3.05, 3.63) is 41.1 Å². The molecule has 0 spiro atoms. The van der Waals surface area contributed by atoms with Crippen molar-refractivity contribution >= 4 is 5.91 Å². The fraction of sp³-hybridized carbons (Fsp3) is 0.476. The van der Waals surface area contributed by atoms with Crippen LogP contribution in [0.15, 0.2) is 24.4 Å². The molecule has 146 valence electrons. The number of amides is 1. The highest BCUT2D eigenvalue weighted by Crippen LogP contribution is 2.45. The van der Waals surface area contributed by atoms with Crippen molar-refractivity contribution in [1.82, 2.24) is 20.6 Å². The van der Waals surface area contributed by atoms with Gasteiger partial charge in [-0.1, -0.05) is 18.2 Å². The Morgan fingerprint density at radius 2 is 2.21 bits per heavy atom. The predicted molar refractivity (Wildman–Crippen MR) is 106 cm³/mol. The molecule has 2 aliphatic rings. The van der Waals surface area contributed by atoms with E-state index in [9.17, 15) is 10.1 Å². The van der Waals surface area contributed by atoms with Gasteiger partial charge in [0.05, 0.1) is 17.5 Å². The molecule has 4 rings (SSSR count). The number of rotatable bonds is 3. The predicted octanol–water partition coefficient (Wildman–Crippen LogP) is 1.73. The number of nitrogens with two attached hydrogens (primary N) is 1. The van der Waals surface area contributed by atoms with Crippen LogP contribution in [-0.4, -0.2) is 28.3 Å². The summed E-state index contributed by atoms with van der Waals surface area (Å²) in [5, 5.41) is 14.2. The molecule has 28 heavy (non-hydrogen) atoms. The fourth-order valence-electron chi connectivity index (χ4n) is 4.95. The van der Waals surface area contributed by atoms with Gasteiger partial charge in [-0.15, -0.1) is 0 Å². The summed E-state index contributed by atoms with van der Waals surface area (Å²) >= 11 is 0. The van der Waals surface area contributed by atoms with E-state index in [1.165, 1.54) is 0 Å². The van der Waals surface area contributed by atoms with Crippen molar-refractivity contribution in [2.45, 2.75) is 38.1 Å². The highest BCUT2D eigenvalue weighted by Gasteiger charge is 2.43. The van der Waals surface area contributed by atoms with Crippen molar-refractivity contribution in [2.24, 2.45) is 24.6 Å². The van der Waals surface area contributed by atoms with Gasteiger partial charge in [-0.3, -0.25) is 14.9 Å². The first-order valence-corrected chi connectivity index (χ1v) is 9.82. The molecule has 2 aromatic rings. The molecule has 0 bridgehead atoms. The Bertz CT molecular complexity index is 943. The van der Waals surface area contributed by atoms with Crippen LogP contribution in [0.5, 0.6) is 0 Å². The third kappa shape index (κ3) is 2.99. The van der Waals surface area contributed by atoms with Gasteiger partial charge in [0.15, 0.2) is 0 Å². The maximum absolute atomic E-state index is 12.3. The van der Waals surface area contributed by atoms with Gasteiger partial charge in [0, 0.05) is 36.7 Å². The summed E-state index contributed by atoms with van der Waals surface area (Å²) in [6.07, 6.45) is 4.59. The second-order valence-corrected chi connectivity index (χ2v) is 7.94. The fourth-order valence-corrected chi connectivity index (χ4v) is 4.95. The van der Waals surface area contributed by atoms with E-state index in [1.54, 1.807) is 0 Å². The summed E-state index contributed by atoms with van der Waals surface area (Å²) in [6, 6.07) is 8.38. The van der Waals surface area contributed by atoms with Crippen LogP contribution in [0.2, 0.25) is 0 Å². The smallest absolute Gasteiger partial charge is 0.237 e. The molecule has 1 aliphatic carbocycles. The van der Waals surface area contributed by atoms with Crippen LogP contribution in [0.4, 0.5) is 0 Å². The molecule has 0 radical (unpaired) electrons. The number of nitrogens with zero attached hydrogens (tertiary/aromatic N) is 3. The van der Waals surface area contributed by atoms with Crippen LogP contribution >= 0.6 is 0 Å². The van der Waals surface area contributed by atoms with E-state index in [-0.39, 0.29) is 23.8 Å². The summed E-state index contributed by atoms with van der Waals surface area (Å²) < 4.78 is 1.86. The molecule has 2 fully saturated rings. The molecule has 1 saturated heterocycles. The molecular weight excluding hydrogens is 352 g/mol. The zero-order valence-electron chi connectivity index (χ0n) is 16.3. The Labute approximate surface area is 164 Å². The third-order valence-corrected chi connectivity index (χ3v) is 6.43. The minimum absolute atomic E-state index is 0.0137. The summed E-state index contributed by atoms with van der Waals surface area (Å²) in [4.78, 5) is 12.3. The number of aromatic nitrogens is 2. The number of hydrogen-bond donors (Lipinski definition) is 3. The molecule has 1 saturated carbocycles. The van der Waals surface area contributed by atoms with Gasteiger partial charge >= 0.3 is 0 Å². The molecule has 1 aromatic carbocycles. The van der Waals surface area contributed by atoms with E-state index in [4.69, 9.17) is 5.73 Å². The SMILES string of the molecule is Cc1cccc(-c2c(C3CCC4C(=O)NNC(CN)C4C3)cnn2C)c1C#N. The normalized spacial score (nSPS) is 27.0. The second kappa shape index (κ2) is 7.38. The Hall–Kier alpha value is -2.69. The highest BCUT2D eigenvalue weighted by molar-refractivity contribution is 5.79. The van der Waals surface area contributed by atoms with Crippen molar-refractivity contribution in [3.63, 3.8) is 0 Å². The number of fused-ring (bicyclic) bond motifs is 1. The van der Waals surface area contributed by atoms with E-state index in [0.29, 0.717) is 18.0 Å². The molecule has 7 heteroatoms. The first kappa shape index (κ1) is 18.7. The number of carbonyl (C=O) groups is 1. The number of nitriles is 1. The Kier molecular flexibility index (Phi) is 4.92. The Balaban J connectivity index is 1.72. The molecule has 1 amide bonds. The van der Waals surface area contributed by atoms with Crippen LogP contribution < -0.4 is 16.6 Å². The summed E-state index contributed by atoms with van der Waals surface area (Å²) in [7, 11) is 1.92. The topological polar surface area (TPSA) is 109 Å². The van der Waals surface area contributed by atoms with Gasteiger partial charge in [-0.25, -0.2) is 5.43 Å². The molecule has 7 nitrogen and oxygen atoms in total. The maximum atomic E-state index is 12.3. The van der Waals surface area contributed by atoms with Gasteiger partial charge < -0.3 is 5.73 Å². The number of hydrogen-bond acceptors (Lipinski definition) is 5. The molecule has 4 N–H and O–H groups in total. The third-order valence-electron chi connectivity index (χ3n) is 6.43. The Morgan fingerprint density at radius 1 is 1.39 bits per heavy atom. The maximum Gasteiger partial charge on any atom is 0.237 e. The zero-order chi connectivity index (χ0) is 19.8. The van der Waals surface area contributed by atoms with Crippen molar-refractivity contribution in [1.29, 1.82) is 5.26 Å². The average molecular weight is 378 g/mol. The van der Waals surface area contributed by atoms with Crippen LogP contribution in [0.25, 0.3) is 11.3 Å². The monoisotopic (exact) mass is 378 g/mol. The van der Waals surface area contributed by atoms with Gasteiger partial charge in [0.1, 0.15) is 6.07 Å². The number of carbonyl (C=O) groups excluding carboxylic acids is 1. The van der Waals surface area contributed by atoms with Crippen molar-refractivity contribution < 1.29 is 4.79 Å². The standard InChI is InChI=1S/C21H26N6O/c1-12-4-3-5-14(17(12)9-22)20-18(11-24-27(20)2)13-6-7-15-16(8-13)19(10-23)25-26-21(15)28/h3-5,11,13,15-16,19,25H,6-8,10,23H2,1-2H3,(H,26,28).